The third kappa shape index (κ3) is 3.67. The molecule has 1 aliphatic heterocycles. The summed E-state index contributed by atoms with van der Waals surface area (Å²) in [5.41, 5.74) is 0.798. The highest BCUT2D eigenvalue weighted by atomic mass is 35.5. The van der Waals surface area contributed by atoms with Crippen LogP contribution in [0.1, 0.15) is 37.8 Å². The number of carbonyl (C=O) groups is 2. The number of halogens is 1. The molecule has 2 fully saturated rings. The lowest BCUT2D eigenvalue weighted by atomic mass is 10.0. The second-order valence-corrected chi connectivity index (χ2v) is 6.77. The summed E-state index contributed by atoms with van der Waals surface area (Å²) in [6.07, 6.45) is 2.26. The lowest BCUT2D eigenvalue weighted by Gasteiger charge is -2.37. The van der Waals surface area contributed by atoms with Crippen molar-refractivity contribution in [1.82, 2.24) is 10.2 Å². The zero-order valence-corrected chi connectivity index (χ0v) is 13.9. The van der Waals surface area contributed by atoms with Crippen molar-refractivity contribution in [2.75, 3.05) is 19.8 Å². The summed E-state index contributed by atoms with van der Waals surface area (Å²) in [5.74, 6) is -0.0830. The van der Waals surface area contributed by atoms with Crippen molar-refractivity contribution in [3.63, 3.8) is 0 Å². The van der Waals surface area contributed by atoms with Crippen molar-refractivity contribution < 1.29 is 14.3 Å². The highest BCUT2D eigenvalue weighted by Gasteiger charge is 2.52. The summed E-state index contributed by atoms with van der Waals surface area (Å²) in [5, 5.41) is 3.50. The quantitative estimate of drug-likeness (QED) is 0.917. The van der Waals surface area contributed by atoms with E-state index in [-0.39, 0.29) is 29.8 Å². The zero-order valence-electron chi connectivity index (χ0n) is 13.2. The molecule has 23 heavy (non-hydrogen) atoms. The Morgan fingerprint density at radius 2 is 2.04 bits per heavy atom. The van der Waals surface area contributed by atoms with E-state index >= 15 is 0 Å². The summed E-state index contributed by atoms with van der Waals surface area (Å²) in [4.78, 5) is 26.2. The van der Waals surface area contributed by atoms with Crippen LogP contribution in [0.25, 0.3) is 0 Å². The Bertz CT molecular complexity index is 598. The summed E-state index contributed by atoms with van der Waals surface area (Å²) >= 11 is 5.92. The van der Waals surface area contributed by atoms with E-state index in [1.165, 1.54) is 6.92 Å². The summed E-state index contributed by atoms with van der Waals surface area (Å²) < 4.78 is 5.52. The van der Waals surface area contributed by atoms with Crippen molar-refractivity contribution in [3.05, 3.63) is 34.9 Å². The Kier molecular flexibility index (Phi) is 4.60. The van der Waals surface area contributed by atoms with Gasteiger partial charge in [0, 0.05) is 18.5 Å². The first-order valence-corrected chi connectivity index (χ1v) is 8.29. The maximum Gasteiger partial charge on any atom is 0.225 e. The van der Waals surface area contributed by atoms with E-state index in [4.69, 9.17) is 16.3 Å². The number of benzene rings is 1. The fourth-order valence-electron chi connectivity index (χ4n) is 3.16. The number of carbonyl (C=O) groups excluding carboxylic acids is 2. The second-order valence-electron chi connectivity index (χ2n) is 6.33. The van der Waals surface area contributed by atoms with E-state index in [9.17, 15) is 9.59 Å². The maximum atomic E-state index is 12.8. The summed E-state index contributed by atoms with van der Waals surface area (Å²) in [7, 11) is 0. The Hall–Kier alpha value is -1.59. The SMILES string of the molecule is CC(=O)NC(CC(=O)N1CCOCC12CC2)c1ccc(Cl)cc1. The van der Waals surface area contributed by atoms with E-state index in [0.29, 0.717) is 24.8 Å². The Balaban J connectivity index is 1.74. The number of nitrogens with one attached hydrogen (secondary N) is 1. The third-order valence-corrected chi connectivity index (χ3v) is 4.81. The van der Waals surface area contributed by atoms with E-state index in [2.05, 4.69) is 5.32 Å². The van der Waals surface area contributed by atoms with Gasteiger partial charge in [0.25, 0.3) is 0 Å². The molecule has 1 aromatic carbocycles. The van der Waals surface area contributed by atoms with Crippen LogP contribution in [0.2, 0.25) is 5.02 Å². The van der Waals surface area contributed by atoms with Crippen LogP contribution in [0.5, 0.6) is 0 Å². The molecule has 1 spiro atoms. The fourth-order valence-corrected chi connectivity index (χ4v) is 3.28. The van der Waals surface area contributed by atoms with Gasteiger partial charge in [0.2, 0.25) is 11.8 Å². The lowest BCUT2D eigenvalue weighted by molar-refractivity contribution is -0.142. The molecular formula is C17H21ClN2O3. The molecule has 0 bridgehead atoms. The van der Waals surface area contributed by atoms with Gasteiger partial charge in [0.15, 0.2) is 0 Å². The van der Waals surface area contributed by atoms with Gasteiger partial charge in [-0.1, -0.05) is 23.7 Å². The summed E-state index contributed by atoms with van der Waals surface area (Å²) in [6.45, 7) is 3.31. The van der Waals surface area contributed by atoms with Gasteiger partial charge in [0.1, 0.15) is 0 Å². The number of morpholine rings is 1. The Labute approximate surface area is 140 Å². The average Bonchev–Trinajstić information content (AvgIpc) is 3.27. The first-order chi connectivity index (χ1) is 11.0. The number of hydrogen-bond acceptors (Lipinski definition) is 3. The van der Waals surface area contributed by atoms with Gasteiger partial charge in [-0.15, -0.1) is 0 Å². The number of rotatable bonds is 4. The maximum absolute atomic E-state index is 12.8. The number of nitrogens with zero attached hydrogens (tertiary/aromatic N) is 1. The predicted octanol–water partition coefficient (Wildman–Crippen LogP) is 2.30. The molecule has 1 saturated heterocycles. The molecule has 1 saturated carbocycles. The average molecular weight is 337 g/mol. The molecule has 124 valence electrons. The van der Waals surface area contributed by atoms with E-state index in [1.807, 2.05) is 17.0 Å². The molecule has 2 amide bonds. The van der Waals surface area contributed by atoms with E-state index in [1.54, 1.807) is 12.1 Å². The van der Waals surface area contributed by atoms with Gasteiger partial charge in [-0.2, -0.15) is 0 Å². The largest absolute Gasteiger partial charge is 0.377 e. The number of ether oxygens (including phenoxy) is 1. The van der Waals surface area contributed by atoms with Crippen LogP contribution in [0, 0.1) is 0 Å². The molecule has 3 rings (SSSR count). The van der Waals surface area contributed by atoms with Crippen molar-refractivity contribution in [3.8, 4) is 0 Å². The molecule has 0 radical (unpaired) electrons. The van der Waals surface area contributed by atoms with E-state index < -0.39 is 0 Å². The monoisotopic (exact) mass is 336 g/mol. The first kappa shape index (κ1) is 16.3. The molecule has 1 aromatic rings. The van der Waals surface area contributed by atoms with Crippen LogP contribution in [0.4, 0.5) is 0 Å². The normalized spacial score (nSPS) is 20.2. The highest BCUT2D eigenvalue weighted by molar-refractivity contribution is 6.30. The first-order valence-electron chi connectivity index (χ1n) is 7.91. The molecule has 1 aliphatic carbocycles. The minimum Gasteiger partial charge on any atom is -0.377 e. The molecule has 1 unspecified atom stereocenters. The minimum absolute atomic E-state index is 0.0690. The van der Waals surface area contributed by atoms with Crippen molar-refractivity contribution in [2.45, 2.75) is 37.8 Å². The van der Waals surface area contributed by atoms with Gasteiger partial charge in [-0.3, -0.25) is 9.59 Å². The topological polar surface area (TPSA) is 58.6 Å². The third-order valence-electron chi connectivity index (χ3n) is 4.56. The zero-order chi connectivity index (χ0) is 16.4. The number of hydrogen-bond donors (Lipinski definition) is 1. The number of amides is 2. The predicted molar refractivity (Wildman–Crippen MR) is 87.1 cm³/mol. The lowest BCUT2D eigenvalue weighted by Crippen LogP contribution is -2.51. The van der Waals surface area contributed by atoms with Gasteiger partial charge in [-0.05, 0) is 30.5 Å². The van der Waals surface area contributed by atoms with Crippen LogP contribution in [0.3, 0.4) is 0 Å². The molecule has 1 atom stereocenters. The van der Waals surface area contributed by atoms with Gasteiger partial charge in [0.05, 0.1) is 31.2 Å². The smallest absolute Gasteiger partial charge is 0.225 e. The molecule has 6 heteroatoms. The molecule has 2 aliphatic rings. The van der Waals surface area contributed by atoms with Gasteiger partial charge in [-0.25, -0.2) is 0 Å². The molecule has 0 aromatic heterocycles. The molecule has 1 heterocycles. The highest BCUT2D eigenvalue weighted by Crippen LogP contribution is 2.44. The fraction of sp³-hybridized carbons (Fsp3) is 0.529. The van der Waals surface area contributed by atoms with Crippen LogP contribution in [-0.4, -0.2) is 42.0 Å². The van der Waals surface area contributed by atoms with Crippen molar-refractivity contribution in [1.29, 1.82) is 0 Å². The minimum atomic E-state index is -0.337. The van der Waals surface area contributed by atoms with Crippen LogP contribution in [0.15, 0.2) is 24.3 Å². The van der Waals surface area contributed by atoms with Gasteiger partial charge < -0.3 is 15.0 Å². The molecule has 1 N–H and O–H groups in total. The Morgan fingerprint density at radius 1 is 1.35 bits per heavy atom. The standard InChI is InChI=1S/C17H21ClN2O3/c1-12(21)19-15(13-2-4-14(18)5-3-13)10-16(22)20-8-9-23-11-17(20)6-7-17/h2-5,15H,6-11H2,1H3,(H,19,21). The molecular weight excluding hydrogens is 316 g/mol. The summed E-state index contributed by atoms with van der Waals surface area (Å²) in [6, 6.07) is 6.90. The molecule has 5 nitrogen and oxygen atoms in total. The van der Waals surface area contributed by atoms with Crippen molar-refractivity contribution >= 4 is 23.4 Å². The van der Waals surface area contributed by atoms with Crippen molar-refractivity contribution in [2.24, 2.45) is 0 Å². The van der Waals surface area contributed by atoms with Crippen LogP contribution < -0.4 is 5.32 Å². The van der Waals surface area contributed by atoms with Crippen LogP contribution >= 0.6 is 11.6 Å². The Morgan fingerprint density at radius 3 is 2.65 bits per heavy atom. The van der Waals surface area contributed by atoms with Crippen LogP contribution in [-0.2, 0) is 14.3 Å². The van der Waals surface area contributed by atoms with E-state index in [0.717, 1.165) is 18.4 Å². The van der Waals surface area contributed by atoms with Gasteiger partial charge >= 0.3 is 0 Å². The second kappa shape index (κ2) is 6.49.